The predicted molar refractivity (Wildman–Crippen MR) is 81.7 cm³/mol. The maximum absolute atomic E-state index is 12.0. The average molecular weight is 292 g/mol. The van der Waals surface area contributed by atoms with Crippen molar-refractivity contribution in [2.24, 2.45) is 0 Å². The number of rotatable bonds is 5. The number of amides is 1. The molecule has 1 aliphatic heterocycles. The fourth-order valence-corrected chi connectivity index (χ4v) is 2.67. The summed E-state index contributed by atoms with van der Waals surface area (Å²) in [5, 5.41) is 6.35. The summed E-state index contributed by atoms with van der Waals surface area (Å²) >= 11 is 0. The van der Waals surface area contributed by atoms with E-state index in [1.807, 2.05) is 25.1 Å². The Bertz CT molecular complexity index is 490. The molecule has 0 aliphatic carbocycles. The number of hydrogen-bond donors (Lipinski definition) is 2. The highest BCUT2D eigenvalue weighted by Crippen LogP contribution is 2.29. The lowest BCUT2D eigenvalue weighted by molar-refractivity contribution is -0.123. The molecule has 2 unspecified atom stereocenters. The van der Waals surface area contributed by atoms with Crippen molar-refractivity contribution in [2.45, 2.75) is 38.3 Å². The van der Waals surface area contributed by atoms with E-state index in [1.165, 1.54) is 0 Å². The first-order valence-corrected chi connectivity index (χ1v) is 7.41. The summed E-state index contributed by atoms with van der Waals surface area (Å²) in [5.41, 5.74) is 0.994. The summed E-state index contributed by atoms with van der Waals surface area (Å²) < 4.78 is 10.7. The van der Waals surface area contributed by atoms with Gasteiger partial charge in [-0.05, 0) is 44.4 Å². The Balaban J connectivity index is 2.14. The molecule has 1 aliphatic rings. The molecule has 5 nitrogen and oxygen atoms in total. The van der Waals surface area contributed by atoms with Gasteiger partial charge in [0.1, 0.15) is 11.5 Å². The molecule has 1 aromatic carbocycles. The number of carbonyl (C=O) groups is 1. The van der Waals surface area contributed by atoms with Crippen LogP contribution in [-0.4, -0.2) is 32.7 Å². The van der Waals surface area contributed by atoms with Crippen LogP contribution in [-0.2, 0) is 4.79 Å². The summed E-state index contributed by atoms with van der Waals surface area (Å²) in [7, 11) is 3.29. The number of benzene rings is 1. The second-order valence-corrected chi connectivity index (χ2v) is 5.34. The van der Waals surface area contributed by atoms with E-state index in [0.717, 1.165) is 42.9 Å². The summed E-state index contributed by atoms with van der Waals surface area (Å²) in [4.78, 5) is 12.0. The van der Waals surface area contributed by atoms with Crippen molar-refractivity contribution < 1.29 is 14.3 Å². The number of methoxy groups -OCH3 is 2. The van der Waals surface area contributed by atoms with Crippen LogP contribution in [0.15, 0.2) is 18.2 Å². The molecule has 5 heteroatoms. The zero-order valence-electron chi connectivity index (χ0n) is 12.9. The quantitative estimate of drug-likeness (QED) is 0.872. The highest BCUT2D eigenvalue weighted by Gasteiger charge is 2.23. The number of ether oxygens (including phenoxy) is 2. The first-order chi connectivity index (χ1) is 10.2. The van der Waals surface area contributed by atoms with Crippen molar-refractivity contribution in [3.63, 3.8) is 0 Å². The van der Waals surface area contributed by atoms with E-state index in [4.69, 9.17) is 9.47 Å². The van der Waals surface area contributed by atoms with E-state index in [1.54, 1.807) is 14.2 Å². The Hall–Kier alpha value is -1.75. The molecule has 0 aromatic heterocycles. The molecule has 1 saturated heterocycles. The van der Waals surface area contributed by atoms with Crippen molar-refractivity contribution in [3.05, 3.63) is 23.8 Å². The van der Waals surface area contributed by atoms with E-state index in [-0.39, 0.29) is 18.0 Å². The third-order valence-electron chi connectivity index (χ3n) is 3.89. The lowest BCUT2D eigenvalue weighted by atomic mass is 10.0. The Morgan fingerprint density at radius 3 is 2.81 bits per heavy atom. The molecule has 116 valence electrons. The van der Waals surface area contributed by atoms with Crippen molar-refractivity contribution in [3.8, 4) is 11.5 Å². The smallest absolute Gasteiger partial charge is 0.237 e. The molecular formula is C16H24N2O3. The van der Waals surface area contributed by atoms with Crippen LogP contribution in [0.25, 0.3) is 0 Å². The normalized spacial score (nSPS) is 20.3. The SMILES string of the molecule is COc1ccc(OC)c(C(C)NC2CCCCNC2=O)c1. The van der Waals surface area contributed by atoms with Crippen LogP contribution in [0.5, 0.6) is 11.5 Å². The maximum Gasteiger partial charge on any atom is 0.237 e. The van der Waals surface area contributed by atoms with Gasteiger partial charge < -0.3 is 14.8 Å². The zero-order valence-corrected chi connectivity index (χ0v) is 12.9. The van der Waals surface area contributed by atoms with Gasteiger partial charge in [0.25, 0.3) is 0 Å². The van der Waals surface area contributed by atoms with Crippen LogP contribution < -0.4 is 20.1 Å². The van der Waals surface area contributed by atoms with E-state index < -0.39 is 0 Å². The number of hydrogen-bond acceptors (Lipinski definition) is 4. The molecule has 0 radical (unpaired) electrons. The summed E-state index contributed by atoms with van der Waals surface area (Å²) in [5.74, 6) is 1.66. The standard InChI is InChI=1S/C16H24N2O3/c1-11(18-14-6-4-5-9-17-16(14)19)13-10-12(20-2)7-8-15(13)21-3/h7-8,10-11,14,18H,4-6,9H2,1-3H3,(H,17,19). The van der Waals surface area contributed by atoms with Gasteiger partial charge in [-0.3, -0.25) is 10.1 Å². The lowest BCUT2D eigenvalue weighted by Gasteiger charge is -2.23. The fourth-order valence-electron chi connectivity index (χ4n) is 2.67. The van der Waals surface area contributed by atoms with E-state index >= 15 is 0 Å². The Kier molecular flexibility index (Phi) is 5.44. The molecule has 1 aromatic rings. The summed E-state index contributed by atoms with van der Waals surface area (Å²) in [6.45, 7) is 2.81. The van der Waals surface area contributed by atoms with Gasteiger partial charge in [0.05, 0.1) is 20.3 Å². The summed E-state index contributed by atoms with van der Waals surface area (Å²) in [6, 6.07) is 5.56. The van der Waals surface area contributed by atoms with E-state index in [2.05, 4.69) is 10.6 Å². The van der Waals surface area contributed by atoms with E-state index in [0.29, 0.717) is 0 Å². The molecule has 2 atom stereocenters. The van der Waals surface area contributed by atoms with Crippen molar-refractivity contribution in [2.75, 3.05) is 20.8 Å². The molecule has 0 spiro atoms. The Labute approximate surface area is 126 Å². The second-order valence-electron chi connectivity index (χ2n) is 5.34. The molecule has 1 heterocycles. The van der Waals surface area contributed by atoms with Gasteiger partial charge in [-0.25, -0.2) is 0 Å². The van der Waals surface area contributed by atoms with Crippen LogP contribution in [0.2, 0.25) is 0 Å². The van der Waals surface area contributed by atoms with Crippen molar-refractivity contribution >= 4 is 5.91 Å². The van der Waals surface area contributed by atoms with Gasteiger partial charge in [0.15, 0.2) is 0 Å². The largest absolute Gasteiger partial charge is 0.497 e. The molecule has 0 saturated carbocycles. The van der Waals surface area contributed by atoms with Crippen molar-refractivity contribution in [1.29, 1.82) is 0 Å². The maximum atomic E-state index is 12.0. The van der Waals surface area contributed by atoms with Crippen LogP contribution >= 0.6 is 0 Å². The van der Waals surface area contributed by atoms with Crippen LogP contribution in [0.4, 0.5) is 0 Å². The highest BCUT2D eigenvalue weighted by molar-refractivity contribution is 5.82. The van der Waals surface area contributed by atoms with Gasteiger partial charge in [-0.1, -0.05) is 0 Å². The molecule has 0 bridgehead atoms. The van der Waals surface area contributed by atoms with Gasteiger partial charge in [-0.2, -0.15) is 0 Å². The topological polar surface area (TPSA) is 59.6 Å². The summed E-state index contributed by atoms with van der Waals surface area (Å²) in [6.07, 6.45) is 2.96. The highest BCUT2D eigenvalue weighted by atomic mass is 16.5. The lowest BCUT2D eigenvalue weighted by Crippen LogP contribution is -2.43. The van der Waals surface area contributed by atoms with Crippen LogP contribution in [0.3, 0.4) is 0 Å². The van der Waals surface area contributed by atoms with Gasteiger partial charge in [-0.15, -0.1) is 0 Å². The minimum Gasteiger partial charge on any atom is -0.497 e. The van der Waals surface area contributed by atoms with E-state index in [9.17, 15) is 4.79 Å². The van der Waals surface area contributed by atoms with Crippen molar-refractivity contribution in [1.82, 2.24) is 10.6 Å². The first-order valence-electron chi connectivity index (χ1n) is 7.41. The second kappa shape index (κ2) is 7.31. The molecule has 2 rings (SSSR count). The Morgan fingerprint density at radius 1 is 1.29 bits per heavy atom. The number of carbonyl (C=O) groups excluding carboxylic acids is 1. The fraction of sp³-hybridized carbons (Fsp3) is 0.562. The minimum atomic E-state index is -0.154. The minimum absolute atomic E-state index is 0.00361. The predicted octanol–water partition coefficient (Wildman–Crippen LogP) is 2.02. The molecular weight excluding hydrogens is 268 g/mol. The zero-order chi connectivity index (χ0) is 15.2. The molecule has 21 heavy (non-hydrogen) atoms. The van der Waals surface area contributed by atoms with Crippen LogP contribution in [0.1, 0.15) is 37.8 Å². The third-order valence-corrected chi connectivity index (χ3v) is 3.89. The van der Waals surface area contributed by atoms with Gasteiger partial charge in [0.2, 0.25) is 5.91 Å². The van der Waals surface area contributed by atoms with Gasteiger partial charge >= 0.3 is 0 Å². The Morgan fingerprint density at radius 2 is 2.10 bits per heavy atom. The molecule has 1 fully saturated rings. The first kappa shape index (κ1) is 15.6. The monoisotopic (exact) mass is 292 g/mol. The molecule has 1 amide bonds. The van der Waals surface area contributed by atoms with Crippen LogP contribution in [0, 0.1) is 0 Å². The third kappa shape index (κ3) is 3.88. The average Bonchev–Trinajstić information content (AvgIpc) is 2.71. The molecule has 2 N–H and O–H groups in total. The number of nitrogens with one attached hydrogen (secondary N) is 2. The van der Waals surface area contributed by atoms with Gasteiger partial charge in [0, 0.05) is 18.2 Å².